The summed E-state index contributed by atoms with van der Waals surface area (Å²) >= 11 is 4.60. The fraction of sp³-hybridized carbons (Fsp3) is 0.562. The molecular formula is C16H22N2S. The van der Waals surface area contributed by atoms with E-state index in [1.165, 1.54) is 32.1 Å². The summed E-state index contributed by atoms with van der Waals surface area (Å²) in [5.41, 5.74) is 2.21. The molecule has 0 heterocycles. The van der Waals surface area contributed by atoms with E-state index in [0.29, 0.717) is 5.41 Å². The van der Waals surface area contributed by atoms with Crippen LogP contribution in [0.2, 0.25) is 0 Å². The van der Waals surface area contributed by atoms with E-state index in [1.807, 2.05) is 18.2 Å². The van der Waals surface area contributed by atoms with Gasteiger partial charge in [-0.15, -0.1) is 0 Å². The Balaban J connectivity index is 2.10. The summed E-state index contributed by atoms with van der Waals surface area (Å²) in [5.74, 6) is 0.954. The molecule has 2 nitrogen and oxygen atoms in total. The molecule has 0 aliphatic heterocycles. The van der Waals surface area contributed by atoms with Crippen LogP contribution < -0.4 is 4.90 Å². The molecule has 3 heteroatoms. The van der Waals surface area contributed by atoms with Crippen LogP contribution in [-0.4, -0.2) is 19.3 Å². The standard InChI is InChI=1S/C16H22N2S/c1-18(15-7-5-6-14(10-15)11-17)12-16(13-19)8-3-2-4-9-16/h5-7,10,19H,2-4,8-9,12-13H2,1H3. The number of hydrogen-bond acceptors (Lipinski definition) is 3. The van der Waals surface area contributed by atoms with E-state index in [-0.39, 0.29) is 0 Å². The van der Waals surface area contributed by atoms with Crippen molar-refractivity contribution < 1.29 is 0 Å². The number of nitriles is 1. The highest BCUT2D eigenvalue weighted by Gasteiger charge is 2.31. The maximum absolute atomic E-state index is 8.98. The fourth-order valence-corrected chi connectivity index (χ4v) is 3.49. The summed E-state index contributed by atoms with van der Waals surface area (Å²) < 4.78 is 0. The van der Waals surface area contributed by atoms with Crippen LogP contribution in [0, 0.1) is 16.7 Å². The lowest BCUT2D eigenvalue weighted by atomic mass is 9.75. The minimum absolute atomic E-state index is 0.346. The Hall–Kier alpha value is -1.14. The Morgan fingerprint density at radius 3 is 2.68 bits per heavy atom. The molecule has 1 fully saturated rings. The van der Waals surface area contributed by atoms with Crippen LogP contribution in [0.4, 0.5) is 5.69 Å². The summed E-state index contributed by atoms with van der Waals surface area (Å²) in [5, 5.41) is 8.98. The van der Waals surface area contributed by atoms with Gasteiger partial charge in [0.15, 0.2) is 0 Å². The number of benzene rings is 1. The topological polar surface area (TPSA) is 27.0 Å². The van der Waals surface area contributed by atoms with E-state index in [9.17, 15) is 0 Å². The lowest BCUT2D eigenvalue weighted by Crippen LogP contribution is -2.38. The third kappa shape index (κ3) is 3.45. The maximum atomic E-state index is 8.98. The first-order valence-corrected chi connectivity index (χ1v) is 7.64. The van der Waals surface area contributed by atoms with E-state index >= 15 is 0 Å². The van der Waals surface area contributed by atoms with Crippen LogP contribution in [-0.2, 0) is 0 Å². The van der Waals surface area contributed by atoms with Gasteiger partial charge in [0, 0.05) is 19.3 Å². The second-order valence-corrected chi connectivity index (χ2v) is 6.05. The number of thiol groups is 1. The molecule has 0 N–H and O–H groups in total. The molecule has 2 rings (SSSR count). The summed E-state index contributed by atoms with van der Waals surface area (Å²) in [6.45, 7) is 1.03. The Morgan fingerprint density at radius 2 is 2.05 bits per heavy atom. The third-order valence-electron chi connectivity index (χ3n) is 4.24. The van der Waals surface area contributed by atoms with Gasteiger partial charge in [0.1, 0.15) is 0 Å². The average Bonchev–Trinajstić information content (AvgIpc) is 2.48. The van der Waals surface area contributed by atoms with Gasteiger partial charge in [-0.2, -0.15) is 17.9 Å². The van der Waals surface area contributed by atoms with Crippen LogP contribution in [0.5, 0.6) is 0 Å². The molecule has 0 unspecified atom stereocenters. The highest BCUT2D eigenvalue weighted by Crippen LogP contribution is 2.38. The number of hydrogen-bond donors (Lipinski definition) is 1. The van der Waals surface area contributed by atoms with Crippen molar-refractivity contribution in [3.8, 4) is 6.07 Å². The molecule has 0 amide bonds. The van der Waals surface area contributed by atoms with Gasteiger partial charge in [-0.05, 0) is 42.2 Å². The van der Waals surface area contributed by atoms with E-state index < -0.39 is 0 Å². The second kappa shape index (κ2) is 6.34. The van der Waals surface area contributed by atoms with Crippen LogP contribution in [0.15, 0.2) is 24.3 Å². The zero-order valence-electron chi connectivity index (χ0n) is 11.6. The van der Waals surface area contributed by atoms with E-state index in [2.05, 4.69) is 36.7 Å². The molecule has 0 aromatic heterocycles. The van der Waals surface area contributed by atoms with Crippen molar-refractivity contribution in [1.82, 2.24) is 0 Å². The Morgan fingerprint density at radius 1 is 1.32 bits per heavy atom. The second-order valence-electron chi connectivity index (χ2n) is 5.74. The molecule has 1 aliphatic carbocycles. The van der Waals surface area contributed by atoms with Gasteiger partial charge in [-0.3, -0.25) is 0 Å². The maximum Gasteiger partial charge on any atom is 0.0992 e. The van der Waals surface area contributed by atoms with Crippen LogP contribution in [0.1, 0.15) is 37.7 Å². The zero-order chi connectivity index (χ0) is 13.7. The largest absolute Gasteiger partial charge is 0.374 e. The zero-order valence-corrected chi connectivity index (χ0v) is 12.5. The van der Waals surface area contributed by atoms with Gasteiger partial charge in [0.05, 0.1) is 11.6 Å². The van der Waals surface area contributed by atoms with Crippen LogP contribution >= 0.6 is 12.6 Å². The Kier molecular flexibility index (Phi) is 4.76. The lowest BCUT2D eigenvalue weighted by Gasteiger charge is -2.39. The summed E-state index contributed by atoms with van der Waals surface area (Å²) in [6, 6.07) is 10.1. The first-order chi connectivity index (χ1) is 9.19. The quantitative estimate of drug-likeness (QED) is 0.844. The van der Waals surface area contributed by atoms with Crippen molar-refractivity contribution in [3.05, 3.63) is 29.8 Å². The van der Waals surface area contributed by atoms with Gasteiger partial charge < -0.3 is 4.90 Å². The minimum atomic E-state index is 0.346. The van der Waals surface area contributed by atoms with Crippen molar-refractivity contribution in [2.24, 2.45) is 5.41 Å². The van der Waals surface area contributed by atoms with Crippen LogP contribution in [0.3, 0.4) is 0 Å². The number of anilines is 1. The minimum Gasteiger partial charge on any atom is -0.374 e. The van der Waals surface area contributed by atoms with Crippen molar-refractivity contribution in [2.45, 2.75) is 32.1 Å². The van der Waals surface area contributed by atoms with Gasteiger partial charge in [-0.1, -0.05) is 25.3 Å². The Bertz CT molecular complexity index is 458. The molecule has 19 heavy (non-hydrogen) atoms. The molecule has 102 valence electrons. The van der Waals surface area contributed by atoms with E-state index in [4.69, 9.17) is 5.26 Å². The van der Waals surface area contributed by atoms with Gasteiger partial charge in [0.25, 0.3) is 0 Å². The highest BCUT2D eigenvalue weighted by atomic mass is 32.1. The molecule has 0 bridgehead atoms. The molecule has 1 aliphatic rings. The van der Waals surface area contributed by atoms with Crippen molar-refractivity contribution >= 4 is 18.3 Å². The number of nitrogens with zero attached hydrogens (tertiary/aromatic N) is 2. The lowest BCUT2D eigenvalue weighted by molar-refractivity contribution is 0.230. The molecular weight excluding hydrogens is 252 g/mol. The first-order valence-electron chi connectivity index (χ1n) is 7.01. The molecule has 0 radical (unpaired) electrons. The van der Waals surface area contributed by atoms with Crippen molar-refractivity contribution in [2.75, 3.05) is 24.2 Å². The Labute approximate surface area is 121 Å². The molecule has 0 atom stereocenters. The van der Waals surface area contributed by atoms with Gasteiger partial charge >= 0.3 is 0 Å². The van der Waals surface area contributed by atoms with E-state index in [0.717, 1.165) is 23.5 Å². The predicted octanol–water partition coefficient (Wildman–Crippen LogP) is 3.87. The molecule has 0 saturated heterocycles. The van der Waals surface area contributed by atoms with Gasteiger partial charge in [0.2, 0.25) is 0 Å². The first kappa shape index (κ1) is 14.3. The molecule has 0 spiro atoms. The summed E-state index contributed by atoms with van der Waals surface area (Å²) in [7, 11) is 2.12. The average molecular weight is 274 g/mol. The molecule has 1 aromatic carbocycles. The van der Waals surface area contributed by atoms with Gasteiger partial charge in [-0.25, -0.2) is 0 Å². The van der Waals surface area contributed by atoms with Crippen molar-refractivity contribution in [3.63, 3.8) is 0 Å². The highest BCUT2D eigenvalue weighted by molar-refractivity contribution is 7.80. The van der Waals surface area contributed by atoms with Crippen LogP contribution in [0.25, 0.3) is 0 Å². The smallest absolute Gasteiger partial charge is 0.0992 e. The summed E-state index contributed by atoms with van der Waals surface area (Å²) in [4.78, 5) is 2.28. The summed E-state index contributed by atoms with van der Waals surface area (Å²) in [6.07, 6.45) is 6.57. The third-order valence-corrected chi connectivity index (χ3v) is 4.91. The molecule has 1 saturated carbocycles. The monoisotopic (exact) mass is 274 g/mol. The fourth-order valence-electron chi connectivity index (χ4n) is 3.08. The van der Waals surface area contributed by atoms with E-state index in [1.54, 1.807) is 0 Å². The molecule has 1 aromatic rings. The SMILES string of the molecule is CN(CC1(CS)CCCCC1)c1cccc(C#N)c1. The predicted molar refractivity (Wildman–Crippen MR) is 83.8 cm³/mol. The van der Waals surface area contributed by atoms with Crippen molar-refractivity contribution in [1.29, 1.82) is 5.26 Å². The number of rotatable bonds is 4. The normalized spacial score (nSPS) is 17.7.